The molecule has 1 atom stereocenters. The minimum atomic E-state index is -0.611. The summed E-state index contributed by atoms with van der Waals surface area (Å²) in [4.78, 5) is 10.9. The molecule has 0 fully saturated rings. The lowest BCUT2D eigenvalue weighted by Crippen LogP contribution is -2.31. The lowest BCUT2D eigenvalue weighted by Gasteiger charge is -2.15. The molecule has 0 aliphatic carbocycles. The number of hydrogen-bond donors (Lipinski definition) is 1. The fourth-order valence-corrected chi connectivity index (χ4v) is 0.976. The molecule has 5 heteroatoms. The van der Waals surface area contributed by atoms with Gasteiger partial charge in [0, 0.05) is 27.7 Å². The van der Waals surface area contributed by atoms with E-state index >= 15 is 0 Å². The molecule has 0 aromatic rings. The van der Waals surface area contributed by atoms with E-state index in [2.05, 4.69) is 5.32 Å². The maximum atomic E-state index is 10.9. The number of rotatable bonds is 5. The monoisotopic (exact) mass is 195 g/mol. The predicted molar refractivity (Wildman–Crippen MR) is 46.1 cm³/mol. The van der Waals surface area contributed by atoms with E-state index in [1.54, 1.807) is 0 Å². The molecule has 0 aliphatic heterocycles. The van der Waals surface area contributed by atoms with Crippen LogP contribution in [-0.4, -0.2) is 38.8 Å². The highest BCUT2D eigenvalue weighted by Gasteiger charge is 2.18. The number of ether oxygens (including phenoxy) is 2. The number of nitrogens with one attached hydrogen (secondary N) is 1. The maximum absolute atomic E-state index is 10.9. The van der Waals surface area contributed by atoms with Gasteiger partial charge in [-0.2, -0.15) is 0 Å². The highest BCUT2D eigenvalue weighted by Crippen LogP contribution is 2.08. The first-order chi connectivity index (χ1) is 5.65. The Hall–Kier alpha value is -0.320. The van der Waals surface area contributed by atoms with Crippen LogP contribution in [0.15, 0.2) is 0 Å². The summed E-state index contributed by atoms with van der Waals surface area (Å²) in [7, 11) is 4.54. The van der Waals surface area contributed by atoms with Gasteiger partial charge in [-0.1, -0.05) is 0 Å². The van der Waals surface area contributed by atoms with E-state index < -0.39 is 11.7 Å². The van der Waals surface area contributed by atoms with Gasteiger partial charge in [-0.3, -0.25) is 4.79 Å². The topological polar surface area (TPSA) is 47.6 Å². The van der Waals surface area contributed by atoms with Gasteiger partial charge < -0.3 is 14.8 Å². The van der Waals surface area contributed by atoms with E-state index in [0.717, 1.165) is 0 Å². The molecule has 0 spiro atoms. The minimum Gasteiger partial charge on any atom is -0.358 e. The molecule has 0 saturated heterocycles. The molecule has 0 aromatic heterocycles. The zero-order valence-corrected chi connectivity index (χ0v) is 8.22. The number of methoxy groups -OCH3 is 2. The summed E-state index contributed by atoms with van der Waals surface area (Å²) in [5.41, 5.74) is 0. The van der Waals surface area contributed by atoms with E-state index in [4.69, 9.17) is 21.1 Å². The van der Waals surface area contributed by atoms with Gasteiger partial charge in [0.1, 0.15) is 5.38 Å². The molecule has 12 heavy (non-hydrogen) atoms. The minimum absolute atomic E-state index is 0.226. The average molecular weight is 196 g/mol. The van der Waals surface area contributed by atoms with Gasteiger partial charge in [-0.05, 0) is 0 Å². The second-order valence-electron chi connectivity index (χ2n) is 2.22. The predicted octanol–water partition coefficient (Wildman–Crippen LogP) is 0.349. The summed E-state index contributed by atoms with van der Waals surface area (Å²) in [6.45, 7) is 0. The normalized spacial score (nSPS) is 13.1. The van der Waals surface area contributed by atoms with Crippen LogP contribution in [0.3, 0.4) is 0 Å². The number of hydrogen-bond acceptors (Lipinski definition) is 3. The summed E-state index contributed by atoms with van der Waals surface area (Å²) >= 11 is 5.71. The van der Waals surface area contributed by atoms with Crippen LogP contribution in [0.25, 0.3) is 0 Å². The summed E-state index contributed by atoms with van der Waals surface area (Å²) in [6.07, 6.45) is -0.0846. The third-order valence-corrected chi connectivity index (χ3v) is 1.83. The standard InChI is InChI=1S/C7H14ClNO3/c1-9-7(10)5(8)4-6(11-2)12-3/h5-6H,4H2,1-3H3,(H,9,10). The van der Waals surface area contributed by atoms with Crippen molar-refractivity contribution in [2.24, 2.45) is 0 Å². The van der Waals surface area contributed by atoms with Gasteiger partial charge in [0.15, 0.2) is 6.29 Å². The summed E-state index contributed by atoms with van der Waals surface area (Å²) < 4.78 is 9.76. The smallest absolute Gasteiger partial charge is 0.237 e. The zero-order valence-electron chi connectivity index (χ0n) is 7.46. The van der Waals surface area contributed by atoms with Crippen LogP contribution in [0.5, 0.6) is 0 Å². The summed E-state index contributed by atoms with van der Waals surface area (Å²) in [5.74, 6) is -0.226. The van der Waals surface area contributed by atoms with E-state index in [9.17, 15) is 4.79 Å². The molecule has 0 saturated carbocycles. The Morgan fingerprint density at radius 3 is 2.33 bits per heavy atom. The molecule has 1 N–H and O–H groups in total. The third kappa shape index (κ3) is 3.90. The fraction of sp³-hybridized carbons (Fsp3) is 0.857. The molecule has 72 valence electrons. The number of carbonyl (C=O) groups excluding carboxylic acids is 1. The molecule has 0 bridgehead atoms. The van der Waals surface area contributed by atoms with E-state index in [0.29, 0.717) is 6.42 Å². The molecular weight excluding hydrogens is 182 g/mol. The van der Waals surface area contributed by atoms with Crippen LogP contribution in [0.2, 0.25) is 0 Å². The van der Waals surface area contributed by atoms with Crippen molar-refractivity contribution in [2.45, 2.75) is 18.1 Å². The summed E-state index contributed by atoms with van der Waals surface area (Å²) in [5, 5.41) is 1.83. The van der Waals surface area contributed by atoms with Crippen molar-refractivity contribution in [2.75, 3.05) is 21.3 Å². The second kappa shape index (κ2) is 6.22. The van der Waals surface area contributed by atoms with Gasteiger partial charge in [-0.15, -0.1) is 11.6 Å². The van der Waals surface area contributed by atoms with Crippen molar-refractivity contribution in [3.63, 3.8) is 0 Å². The first kappa shape index (κ1) is 11.7. The van der Waals surface area contributed by atoms with E-state index in [1.807, 2.05) is 0 Å². The van der Waals surface area contributed by atoms with Gasteiger partial charge >= 0.3 is 0 Å². The molecule has 1 amide bonds. The Balaban J connectivity index is 3.80. The second-order valence-corrected chi connectivity index (χ2v) is 2.75. The van der Waals surface area contributed by atoms with Crippen molar-refractivity contribution in [3.8, 4) is 0 Å². The molecule has 4 nitrogen and oxygen atoms in total. The molecule has 0 heterocycles. The Bertz CT molecular complexity index is 139. The molecule has 1 unspecified atom stereocenters. The Morgan fingerprint density at radius 2 is 2.00 bits per heavy atom. The molecule has 0 rings (SSSR count). The highest BCUT2D eigenvalue weighted by molar-refractivity contribution is 6.30. The van der Waals surface area contributed by atoms with Crippen LogP contribution in [0, 0.1) is 0 Å². The number of amides is 1. The Labute approximate surface area is 77.2 Å². The van der Waals surface area contributed by atoms with Crippen LogP contribution in [-0.2, 0) is 14.3 Å². The van der Waals surface area contributed by atoms with E-state index in [1.165, 1.54) is 21.3 Å². The van der Waals surface area contributed by atoms with E-state index in [-0.39, 0.29) is 5.91 Å². The van der Waals surface area contributed by atoms with Crippen molar-refractivity contribution in [1.29, 1.82) is 0 Å². The van der Waals surface area contributed by atoms with Crippen LogP contribution in [0.4, 0.5) is 0 Å². The molecule has 0 aromatic carbocycles. The fourth-order valence-electron chi connectivity index (χ4n) is 0.721. The van der Waals surface area contributed by atoms with Crippen molar-refractivity contribution < 1.29 is 14.3 Å². The van der Waals surface area contributed by atoms with Crippen molar-refractivity contribution >= 4 is 17.5 Å². The highest BCUT2D eigenvalue weighted by atomic mass is 35.5. The Kier molecular flexibility index (Phi) is 6.06. The number of carbonyl (C=O) groups is 1. The van der Waals surface area contributed by atoms with Gasteiger partial charge in [-0.25, -0.2) is 0 Å². The van der Waals surface area contributed by atoms with Gasteiger partial charge in [0.25, 0.3) is 0 Å². The average Bonchev–Trinajstić information content (AvgIpc) is 2.12. The zero-order chi connectivity index (χ0) is 9.56. The lowest BCUT2D eigenvalue weighted by atomic mass is 10.3. The van der Waals surface area contributed by atoms with Crippen molar-refractivity contribution in [3.05, 3.63) is 0 Å². The van der Waals surface area contributed by atoms with Gasteiger partial charge in [0.05, 0.1) is 0 Å². The number of halogens is 1. The number of alkyl halides is 1. The van der Waals surface area contributed by atoms with Gasteiger partial charge in [0.2, 0.25) is 5.91 Å². The lowest BCUT2D eigenvalue weighted by molar-refractivity contribution is -0.127. The first-order valence-corrected chi connectivity index (χ1v) is 4.00. The third-order valence-electron chi connectivity index (χ3n) is 1.46. The largest absolute Gasteiger partial charge is 0.358 e. The molecular formula is C7H14ClNO3. The van der Waals surface area contributed by atoms with Crippen LogP contribution < -0.4 is 5.32 Å². The Morgan fingerprint density at radius 1 is 1.50 bits per heavy atom. The summed E-state index contributed by atoms with van der Waals surface area (Å²) in [6, 6.07) is 0. The maximum Gasteiger partial charge on any atom is 0.237 e. The molecule has 0 radical (unpaired) electrons. The first-order valence-electron chi connectivity index (χ1n) is 3.57. The SMILES string of the molecule is CNC(=O)C(Cl)CC(OC)OC. The quantitative estimate of drug-likeness (QED) is 0.509. The molecule has 0 aliphatic rings. The van der Waals surface area contributed by atoms with Crippen LogP contribution in [0.1, 0.15) is 6.42 Å². The van der Waals surface area contributed by atoms with Crippen LogP contribution >= 0.6 is 11.6 Å². The van der Waals surface area contributed by atoms with Crippen molar-refractivity contribution in [1.82, 2.24) is 5.32 Å².